The van der Waals surface area contributed by atoms with Crippen molar-refractivity contribution >= 4 is 21.7 Å². The molecule has 0 saturated heterocycles. The maximum Gasteiger partial charge on any atom is 0.357 e. The van der Waals surface area contributed by atoms with Crippen LogP contribution in [0.25, 0.3) is 0 Å². The van der Waals surface area contributed by atoms with Crippen LogP contribution < -0.4 is 0 Å². The van der Waals surface area contributed by atoms with Crippen LogP contribution in [0.5, 0.6) is 0 Å². The van der Waals surface area contributed by atoms with Gasteiger partial charge in [0.05, 0.1) is 0 Å². The second-order valence-electron chi connectivity index (χ2n) is 3.60. The van der Waals surface area contributed by atoms with Gasteiger partial charge in [-0.2, -0.15) is 4.98 Å². The molecule has 0 fully saturated rings. The van der Waals surface area contributed by atoms with Crippen LogP contribution in [-0.4, -0.2) is 14.5 Å². The van der Waals surface area contributed by atoms with Crippen LogP contribution in [0.4, 0.5) is 5.82 Å². The fraction of sp³-hybridized carbons (Fsp3) is 0.182. The molecule has 0 N–H and O–H groups in total. The molecule has 2 aromatic rings. The predicted octanol–water partition coefficient (Wildman–Crippen LogP) is 2.91. The Hall–Kier alpha value is -1.69. The maximum atomic E-state index is 11.0. The van der Waals surface area contributed by atoms with Crippen molar-refractivity contribution in [3.8, 4) is 0 Å². The number of hydrogen-bond donors (Lipinski definition) is 0. The maximum absolute atomic E-state index is 11.0. The van der Waals surface area contributed by atoms with E-state index in [4.69, 9.17) is 0 Å². The van der Waals surface area contributed by atoms with E-state index in [2.05, 4.69) is 20.9 Å². The Morgan fingerprint density at radius 1 is 1.41 bits per heavy atom. The molecule has 0 radical (unpaired) electrons. The second kappa shape index (κ2) is 4.67. The van der Waals surface area contributed by atoms with E-state index in [9.17, 15) is 10.1 Å². The topological polar surface area (TPSA) is 61.0 Å². The average Bonchev–Trinajstić information content (AvgIpc) is 2.55. The average molecular weight is 296 g/mol. The Morgan fingerprint density at radius 2 is 2.06 bits per heavy atom. The van der Waals surface area contributed by atoms with Crippen LogP contribution in [0.15, 0.2) is 34.9 Å². The van der Waals surface area contributed by atoms with Gasteiger partial charge in [-0.05, 0) is 26.4 Å². The molecule has 2 rings (SSSR count). The van der Waals surface area contributed by atoms with E-state index in [0.29, 0.717) is 12.4 Å². The minimum absolute atomic E-state index is 0.00801. The summed E-state index contributed by atoms with van der Waals surface area (Å²) in [5.41, 5.74) is 1.00. The van der Waals surface area contributed by atoms with Gasteiger partial charge in [-0.25, -0.2) is 4.57 Å². The number of nitrogens with zero attached hydrogens (tertiary/aromatic N) is 3. The molecule has 1 aromatic carbocycles. The molecule has 6 heteroatoms. The second-order valence-corrected chi connectivity index (χ2v) is 4.35. The van der Waals surface area contributed by atoms with E-state index in [1.165, 1.54) is 0 Å². The summed E-state index contributed by atoms with van der Waals surface area (Å²) in [5.74, 6) is 0.610. The fourth-order valence-corrected chi connectivity index (χ4v) is 2.26. The normalized spacial score (nSPS) is 10.5. The summed E-state index contributed by atoms with van der Waals surface area (Å²) in [7, 11) is 0. The highest BCUT2D eigenvalue weighted by Gasteiger charge is 2.23. The molecule has 0 amide bonds. The van der Waals surface area contributed by atoms with Crippen LogP contribution in [0.1, 0.15) is 11.4 Å². The third-order valence-corrected chi connectivity index (χ3v) is 2.98. The smallest absolute Gasteiger partial charge is 0.357 e. The minimum atomic E-state index is -0.424. The molecule has 0 bridgehead atoms. The number of imidazole rings is 1. The highest BCUT2D eigenvalue weighted by molar-refractivity contribution is 9.10. The van der Waals surface area contributed by atoms with Gasteiger partial charge in [-0.15, -0.1) is 0 Å². The SMILES string of the molecule is Cc1nc(Br)c([N+](=O)[O-])n1Cc1ccccc1. The molecule has 17 heavy (non-hydrogen) atoms. The van der Waals surface area contributed by atoms with Crippen LogP contribution in [0, 0.1) is 17.0 Å². The summed E-state index contributed by atoms with van der Waals surface area (Å²) in [6.45, 7) is 2.20. The molecule has 1 heterocycles. The predicted molar refractivity (Wildman–Crippen MR) is 66.9 cm³/mol. The summed E-state index contributed by atoms with van der Waals surface area (Å²) < 4.78 is 1.86. The van der Waals surface area contributed by atoms with Crippen molar-refractivity contribution in [1.29, 1.82) is 0 Å². The van der Waals surface area contributed by atoms with Gasteiger partial charge in [-0.3, -0.25) is 0 Å². The first-order valence-corrected chi connectivity index (χ1v) is 5.80. The van der Waals surface area contributed by atoms with E-state index in [-0.39, 0.29) is 10.4 Å². The summed E-state index contributed by atoms with van der Waals surface area (Å²) in [6, 6.07) is 9.58. The van der Waals surface area contributed by atoms with Crippen LogP contribution in [-0.2, 0) is 6.54 Å². The van der Waals surface area contributed by atoms with Gasteiger partial charge in [0.15, 0.2) is 5.82 Å². The fourth-order valence-electron chi connectivity index (χ4n) is 1.65. The van der Waals surface area contributed by atoms with E-state index in [1.807, 2.05) is 30.3 Å². The molecule has 0 aliphatic carbocycles. The third-order valence-electron chi connectivity index (χ3n) is 2.45. The van der Waals surface area contributed by atoms with Gasteiger partial charge in [0.25, 0.3) is 0 Å². The monoisotopic (exact) mass is 295 g/mol. The first kappa shape index (κ1) is 11.8. The van der Waals surface area contributed by atoms with Crippen molar-refractivity contribution in [2.75, 3.05) is 0 Å². The largest absolute Gasteiger partial charge is 0.358 e. The van der Waals surface area contributed by atoms with E-state index >= 15 is 0 Å². The molecule has 0 atom stereocenters. The number of hydrogen-bond acceptors (Lipinski definition) is 3. The van der Waals surface area contributed by atoms with Gasteiger partial charge in [0.2, 0.25) is 4.60 Å². The number of benzene rings is 1. The van der Waals surface area contributed by atoms with Crippen LogP contribution >= 0.6 is 15.9 Å². The zero-order chi connectivity index (χ0) is 12.4. The summed E-state index contributed by atoms with van der Waals surface area (Å²) in [4.78, 5) is 14.6. The minimum Gasteiger partial charge on any atom is -0.358 e. The lowest BCUT2D eigenvalue weighted by Gasteiger charge is -2.02. The van der Waals surface area contributed by atoms with Gasteiger partial charge in [-0.1, -0.05) is 30.3 Å². The first-order valence-electron chi connectivity index (χ1n) is 5.00. The highest BCUT2D eigenvalue weighted by atomic mass is 79.9. The van der Waals surface area contributed by atoms with Gasteiger partial charge < -0.3 is 10.1 Å². The summed E-state index contributed by atoms with van der Waals surface area (Å²) >= 11 is 3.11. The molecule has 0 saturated carbocycles. The lowest BCUT2D eigenvalue weighted by Crippen LogP contribution is -2.06. The lowest BCUT2D eigenvalue weighted by atomic mass is 10.2. The number of nitro groups is 1. The number of halogens is 1. The quantitative estimate of drug-likeness (QED) is 0.646. The van der Waals surface area contributed by atoms with Crippen molar-refractivity contribution in [3.05, 3.63) is 56.4 Å². The van der Waals surface area contributed by atoms with E-state index in [0.717, 1.165) is 5.56 Å². The van der Waals surface area contributed by atoms with Gasteiger partial charge in [0.1, 0.15) is 6.54 Å². The molecule has 88 valence electrons. The molecule has 0 unspecified atom stereocenters. The lowest BCUT2D eigenvalue weighted by molar-refractivity contribution is -0.392. The van der Waals surface area contributed by atoms with E-state index < -0.39 is 4.92 Å². The third kappa shape index (κ3) is 2.36. The van der Waals surface area contributed by atoms with Gasteiger partial charge >= 0.3 is 5.82 Å². The molecule has 0 aliphatic heterocycles. The molecule has 1 aromatic heterocycles. The molecular formula is C11H10BrN3O2. The van der Waals surface area contributed by atoms with Crippen LogP contribution in [0.3, 0.4) is 0 Å². The van der Waals surface area contributed by atoms with Crippen LogP contribution in [0.2, 0.25) is 0 Å². The summed E-state index contributed by atoms with van der Waals surface area (Å²) in [5, 5.41) is 11.0. The highest BCUT2D eigenvalue weighted by Crippen LogP contribution is 2.26. The van der Waals surface area contributed by atoms with Crippen molar-refractivity contribution in [2.45, 2.75) is 13.5 Å². The van der Waals surface area contributed by atoms with E-state index in [1.54, 1.807) is 11.5 Å². The number of aryl methyl sites for hydroxylation is 1. The number of aromatic nitrogens is 2. The Labute approximate surface area is 106 Å². The molecular weight excluding hydrogens is 286 g/mol. The first-order chi connectivity index (χ1) is 8.09. The van der Waals surface area contributed by atoms with Crippen molar-refractivity contribution in [2.24, 2.45) is 0 Å². The number of rotatable bonds is 3. The zero-order valence-corrected chi connectivity index (χ0v) is 10.7. The zero-order valence-electron chi connectivity index (χ0n) is 9.13. The Balaban J connectivity index is 2.42. The standard InChI is InChI=1S/C11H10BrN3O2/c1-8-13-10(12)11(15(16)17)14(8)7-9-5-3-2-4-6-9/h2-6H,7H2,1H3. The Morgan fingerprint density at radius 3 is 2.65 bits per heavy atom. The summed E-state index contributed by atoms with van der Waals surface area (Å²) in [6.07, 6.45) is 0. The van der Waals surface area contributed by atoms with Crippen molar-refractivity contribution in [3.63, 3.8) is 0 Å². The van der Waals surface area contributed by atoms with Crippen molar-refractivity contribution in [1.82, 2.24) is 9.55 Å². The van der Waals surface area contributed by atoms with Crippen molar-refractivity contribution < 1.29 is 4.92 Å². The Bertz CT molecular complexity index is 551. The van der Waals surface area contributed by atoms with Gasteiger partial charge in [0, 0.05) is 6.92 Å². The molecule has 0 spiro atoms. The Kier molecular flexibility index (Phi) is 3.23. The molecule has 5 nitrogen and oxygen atoms in total. The molecule has 0 aliphatic rings.